The van der Waals surface area contributed by atoms with Crippen LogP contribution in [0.2, 0.25) is 0 Å². The van der Waals surface area contributed by atoms with Crippen LogP contribution in [0.3, 0.4) is 0 Å². The molecule has 8 nitrogen and oxygen atoms in total. The molecule has 3 N–H and O–H groups in total. The van der Waals surface area contributed by atoms with Crippen LogP contribution in [0.1, 0.15) is 93.7 Å². The Bertz CT molecular complexity index is 2540. The molecule has 17 heteroatoms. The van der Waals surface area contributed by atoms with Crippen molar-refractivity contribution in [3.63, 3.8) is 0 Å². The molecule has 5 aromatic carbocycles. The van der Waals surface area contributed by atoms with E-state index in [1.807, 2.05) is 25.1 Å². The molecule has 0 fully saturated rings. The lowest BCUT2D eigenvalue weighted by Gasteiger charge is -2.20. The van der Waals surface area contributed by atoms with Crippen molar-refractivity contribution in [2.75, 3.05) is 7.11 Å². The largest absolute Gasteiger partial charge is 0.534 e. The number of phenolic OH excluding ortho intramolecular Hbond substituents is 2. The fourth-order valence-corrected chi connectivity index (χ4v) is 8.27. The lowest BCUT2D eigenvalue weighted by atomic mass is 9.89. The number of carboxylic acids is 1. The smallest absolute Gasteiger partial charge is 0.508 e. The van der Waals surface area contributed by atoms with Gasteiger partial charge in [0.05, 0.1) is 13.0 Å². The maximum absolute atomic E-state index is 13.1. The van der Waals surface area contributed by atoms with Gasteiger partial charge in [0.2, 0.25) is 0 Å². The number of ether oxygens (including phenoxy) is 1. The quantitative estimate of drug-likeness (QED) is 0.0206. The van der Waals surface area contributed by atoms with Gasteiger partial charge in [0.15, 0.2) is 0 Å². The highest BCUT2D eigenvalue weighted by Gasteiger charge is 2.56. The Kier molecular flexibility index (Phi) is 18.7. The molecular formula is C49H54F8O8S. The molecule has 0 aliphatic carbocycles. The maximum atomic E-state index is 13.1. The highest BCUT2D eigenvalue weighted by Crippen LogP contribution is 2.40. The monoisotopic (exact) mass is 954 g/mol. The Morgan fingerprint density at radius 2 is 1.24 bits per heavy atom. The van der Waals surface area contributed by atoms with Gasteiger partial charge < -0.3 is 24.2 Å². The van der Waals surface area contributed by atoms with E-state index < -0.39 is 52.5 Å². The predicted octanol–water partition coefficient (Wildman–Crippen LogP) is 14.2. The van der Waals surface area contributed by atoms with Crippen molar-refractivity contribution in [1.29, 1.82) is 0 Å². The third-order valence-corrected chi connectivity index (χ3v) is 12.2. The van der Waals surface area contributed by atoms with E-state index in [9.17, 15) is 63.7 Å². The van der Waals surface area contributed by atoms with E-state index in [0.717, 1.165) is 78.8 Å². The van der Waals surface area contributed by atoms with E-state index in [1.165, 1.54) is 30.9 Å². The molecular weight excluding hydrogens is 901 g/mol. The number of carbonyl (C=O) groups is 1. The highest BCUT2D eigenvalue weighted by molar-refractivity contribution is 7.88. The van der Waals surface area contributed by atoms with E-state index >= 15 is 0 Å². The number of hydrogen-bond acceptors (Lipinski definition) is 7. The Labute approximate surface area is 379 Å². The summed E-state index contributed by atoms with van der Waals surface area (Å²) in [4.78, 5) is 11.4. The molecule has 0 aromatic heterocycles. The van der Waals surface area contributed by atoms with Crippen molar-refractivity contribution < 1.29 is 72.6 Å². The summed E-state index contributed by atoms with van der Waals surface area (Å²) < 4.78 is 132. The number of unbranched alkanes of at least 4 members (excludes halogenated alkanes) is 7. The van der Waals surface area contributed by atoms with Gasteiger partial charge in [-0.05, 0) is 132 Å². The first-order valence-corrected chi connectivity index (χ1v) is 22.8. The van der Waals surface area contributed by atoms with Crippen molar-refractivity contribution >= 4 is 37.6 Å². The molecule has 0 aliphatic heterocycles. The number of aliphatic carboxylic acids is 1. The van der Waals surface area contributed by atoms with Crippen LogP contribution < -0.4 is 8.92 Å². The number of halogens is 8. The molecule has 0 bridgehead atoms. The average molecular weight is 955 g/mol. The van der Waals surface area contributed by atoms with Gasteiger partial charge in [0, 0.05) is 12.0 Å². The van der Waals surface area contributed by atoms with Gasteiger partial charge in [0.1, 0.15) is 23.0 Å². The standard InChI is InChI=1S/C34H41F5O4.C15H13F3O4S/c1-23-21-26(40)15-18-28(23)31-17-14-25-22-27(41)16-19-29(25)30(31)13-9-7-5-3-2-4-6-8-11-24(32(42)43)12-10-20-33(35,36)34(37,38)39;1-3-4-13-12-7-6-11(21-2)9-10(12)5-8-14(13)22-23(19,20)15(16,17)18/h14-19,21-22,24,40-41H,2-13,20H2,1H3,(H,42,43);3,5-9H,1,4H2,2H3. The highest BCUT2D eigenvalue weighted by atomic mass is 32.2. The van der Waals surface area contributed by atoms with E-state index in [-0.39, 0.29) is 36.5 Å². The third-order valence-electron chi connectivity index (χ3n) is 11.3. The Hall–Kier alpha value is -5.58. The molecule has 1 unspecified atom stereocenters. The molecule has 0 heterocycles. The first-order valence-electron chi connectivity index (χ1n) is 21.4. The second-order valence-corrected chi connectivity index (χ2v) is 17.6. The number of hydrogen-bond donors (Lipinski definition) is 3. The van der Waals surface area contributed by atoms with E-state index in [4.69, 9.17) is 4.74 Å². The van der Waals surface area contributed by atoms with Gasteiger partial charge >= 0.3 is 33.7 Å². The molecule has 0 aliphatic rings. The van der Waals surface area contributed by atoms with Gasteiger partial charge in [-0.2, -0.15) is 43.5 Å². The average Bonchev–Trinajstić information content (AvgIpc) is 3.23. The van der Waals surface area contributed by atoms with Crippen LogP contribution in [-0.4, -0.2) is 54.4 Å². The number of carboxylic acid groups (broad SMARTS) is 1. The topological polar surface area (TPSA) is 130 Å². The molecule has 0 amide bonds. The van der Waals surface area contributed by atoms with Crippen LogP contribution >= 0.6 is 0 Å². The molecule has 0 radical (unpaired) electrons. The van der Waals surface area contributed by atoms with Crippen LogP contribution in [0.4, 0.5) is 35.1 Å². The minimum Gasteiger partial charge on any atom is -0.508 e. The van der Waals surface area contributed by atoms with Gasteiger partial charge in [-0.3, -0.25) is 4.79 Å². The van der Waals surface area contributed by atoms with Crippen LogP contribution in [-0.2, 0) is 27.8 Å². The molecule has 360 valence electrons. The van der Waals surface area contributed by atoms with E-state index in [0.29, 0.717) is 28.5 Å². The van der Waals surface area contributed by atoms with Crippen molar-refractivity contribution in [3.05, 3.63) is 108 Å². The minimum atomic E-state index is -5.73. The molecule has 5 rings (SSSR count). The third kappa shape index (κ3) is 14.5. The summed E-state index contributed by atoms with van der Waals surface area (Å²) in [6, 6.07) is 22.4. The van der Waals surface area contributed by atoms with Crippen LogP contribution in [0.5, 0.6) is 23.0 Å². The summed E-state index contributed by atoms with van der Waals surface area (Å²) >= 11 is 0. The number of alkyl halides is 8. The van der Waals surface area contributed by atoms with Crippen LogP contribution in [0, 0.1) is 12.8 Å². The Morgan fingerprint density at radius 1 is 0.697 bits per heavy atom. The van der Waals surface area contributed by atoms with Crippen molar-refractivity contribution in [2.45, 2.75) is 114 Å². The summed E-state index contributed by atoms with van der Waals surface area (Å²) in [5.41, 5.74) is -0.823. The van der Waals surface area contributed by atoms with Crippen LogP contribution in [0.25, 0.3) is 32.7 Å². The molecule has 66 heavy (non-hydrogen) atoms. The predicted molar refractivity (Wildman–Crippen MR) is 239 cm³/mol. The second-order valence-electron chi connectivity index (χ2n) is 16.1. The van der Waals surface area contributed by atoms with Gasteiger partial charge in [-0.25, -0.2) is 0 Å². The summed E-state index contributed by atoms with van der Waals surface area (Å²) in [5, 5.41) is 32.4. The molecule has 0 spiro atoms. The van der Waals surface area contributed by atoms with Gasteiger partial charge in [-0.15, -0.1) is 6.58 Å². The zero-order valence-electron chi connectivity index (χ0n) is 36.6. The lowest BCUT2D eigenvalue weighted by Crippen LogP contribution is -2.36. The molecule has 5 aromatic rings. The Balaban J connectivity index is 0.000000347. The Morgan fingerprint density at radius 3 is 1.85 bits per heavy atom. The normalized spacial score (nSPS) is 12.7. The summed E-state index contributed by atoms with van der Waals surface area (Å²) in [6.07, 6.45) is 2.45. The van der Waals surface area contributed by atoms with Crippen molar-refractivity contribution in [3.8, 4) is 34.1 Å². The number of phenols is 2. The fourth-order valence-electron chi connectivity index (χ4n) is 7.79. The maximum Gasteiger partial charge on any atom is 0.534 e. The van der Waals surface area contributed by atoms with Gasteiger partial charge in [0.25, 0.3) is 0 Å². The van der Waals surface area contributed by atoms with E-state index in [1.54, 1.807) is 42.5 Å². The number of allylic oxidation sites excluding steroid dienone is 1. The first kappa shape index (κ1) is 53.0. The zero-order chi connectivity index (χ0) is 48.9. The molecule has 1 atom stereocenters. The SMILES string of the molecule is C=CCc1c(OS(=O)(=O)C(F)(F)F)ccc2cc(OC)ccc12.Cc1cc(O)ccc1-c1ccc2cc(O)ccc2c1CCCCCCCCCCC(CCCC(F)(F)C(F)(F)F)C(=O)O. The summed E-state index contributed by atoms with van der Waals surface area (Å²) in [6.45, 7) is 5.50. The van der Waals surface area contributed by atoms with Crippen LogP contribution in [0.15, 0.2) is 91.5 Å². The summed E-state index contributed by atoms with van der Waals surface area (Å²) in [7, 11) is -4.25. The van der Waals surface area contributed by atoms with Gasteiger partial charge in [-0.1, -0.05) is 87.4 Å². The second kappa shape index (κ2) is 23.2. The summed E-state index contributed by atoms with van der Waals surface area (Å²) in [5.74, 6) is -6.21. The molecule has 0 saturated heterocycles. The zero-order valence-corrected chi connectivity index (χ0v) is 37.4. The fraction of sp³-hybridized carbons (Fsp3) is 0.408. The minimum absolute atomic E-state index is 0.145. The number of benzene rings is 5. The molecule has 0 saturated carbocycles. The number of fused-ring (bicyclic) bond motifs is 2. The van der Waals surface area contributed by atoms with Crippen molar-refractivity contribution in [2.24, 2.45) is 5.92 Å². The number of aromatic hydroxyl groups is 2. The first-order chi connectivity index (χ1) is 31.0. The number of rotatable bonds is 22. The van der Waals surface area contributed by atoms with Crippen molar-refractivity contribution in [1.82, 2.24) is 0 Å². The number of methoxy groups -OCH3 is 1. The lowest BCUT2D eigenvalue weighted by molar-refractivity contribution is -0.284. The van der Waals surface area contributed by atoms with E-state index in [2.05, 4.69) is 16.8 Å². The number of aryl methyl sites for hydroxylation is 2.